The molecule has 4 aliphatic rings. The van der Waals surface area contributed by atoms with Crippen molar-refractivity contribution in [3.63, 3.8) is 0 Å². The highest BCUT2D eigenvalue weighted by Crippen LogP contribution is 2.49. The molecule has 0 radical (unpaired) electrons. The lowest BCUT2D eigenvalue weighted by molar-refractivity contribution is -0.137. The van der Waals surface area contributed by atoms with E-state index < -0.39 is 46.2 Å². The zero-order valence-electron chi connectivity index (χ0n) is 26.8. The number of carbonyl (C=O) groups excluding carboxylic acids is 1. The smallest absolute Gasteiger partial charge is 0.417 e. The number of hydrogen-bond acceptors (Lipinski definition) is 9. The van der Waals surface area contributed by atoms with Crippen LogP contribution in [0.5, 0.6) is 6.01 Å². The van der Waals surface area contributed by atoms with Crippen LogP contribution >= 0.6 is 11.3 Å². The number of carbonyl (C=O) groups is 1. The van der Waals surface area contributed by atoms with E-state index in [9.17, 15) is 32.0 Å². The molecule has 2 bridgehead atoms. The Labute approximate surface area is 286 Å². The molecule has 0 spiro atoms. The predicted molar refractivity (Wildman–Crippen MR) is 174 cm³/mol. The van der Waals surface area contributed by atoms with Crippen LogP contribution in [0.3, 0.4) is 0 Å². The maximum atomic E-state index is 17.1. The number of halogens is 6. The Kier molecular flexibility index (Phi) is 7.61. The van der Waals surface area contributed by atoms with E-state index in [1.54, 1.807) is 9.80 Å². The van der Waals surface area contributed by atoms with Crippen molar-refractivity contribution in [2.45, 2.75) is 69.0 Å². The van der Waals surface area contributed by atoms with Gasteiger partial charge in [0.15, 0.2) is 5.82 Å². The number of nitriles is 1. The summed E-state index contributed by atoms with van der Waals surface area (Å²) in [4.78, 5) is 26.9. The quantitative estimate of drug-likeness (QED) is 0.236. The molecule has 0 saturated carbocycles. The molecular formula is C34H31F6N7O2S. The van der Waals surface area contributed by atoms with Gasteiger partial charge in [0, 0.05) is 61.4 Å². The summed E-state index contributed by atoms with van der Waals surface area (Å²) in [6.45, 7) is 2.91. The zero-order chi connectivity index (χ0) is 35.3. The standard InChI is InChI=1S/C34H31F6N7O2S/c1-16(48)47-18-3-4-19(47)14-45(13-18)31-21-9-23(34(38,39)40)26(20-5-6-24(36)29-25(20)22(11-41)30(42)50-29)27(37)28(21)43-32(44-31)49-15-33-7-2-8-46(33)12-17(35)10-33/h5-6,9,17-19H,2-4,7-8,10,12-15,42H2,1H3. The average Bonchev–Trinajstić information content (AvgIpc) is 3.77. The van der Waals surface area contributed by atoms with Crippen molar-refractivity contribution < 1.29 is 35.9 Å². The van der Waals surface area contributed by atoms with Crippen LogP contribution in [0.1, 0.15) is 50.2 Å². The summed E-state index contributed by atoms with van der Waals surface area (Å²) in [5, 5.41) is 9.25. The van der Waals surface area contributed by atoms with E-state index in [1.807, 2.05) is 11.0 Å². The summed E-state index contributed by atoms with van der Waals surface area (Å²) < 4.78 is 97.5. The normalized spacial score (nSPS) is 25.1. The minimum absolute atomic E-state index is 0.00483. The number of nitrogens with two attached hydrogens (primary N) is 1. The molecule has 6 heterocycles. The van der Waals surface area contributed by atoms with Gasteiger partial charge in [-0.25, -0.2) is 13.2 Å². The van der Waals surface area contributed by atoms with Gasteiger partial charge in [-0.2, -0.15) is 28.4 Å². The van der Waals surface area contributed by atoms with Gasteiger partial charge in [-0.05, 0) is 49.9 Å². The van der Waals surface area contributed by atoms with E-state index in [0.29, 0.717) is 37.1 Å². The third-order valence-corrected chi connectivity index (χ3v) is 11.8. The Balaban J connectivity index is 1.34. The number of nitrogens with zero attached hydrogens (tertiary/aromatic N) is 6. The molecule has 4 saturated heterocycles. The Hall–Kier alpha value is -4.36. The Morgan fingerprint density at radius 3 is 2.60 bits per heavy atom. The molecule has 16 heteroatoms. The SMILES string of the molecule is CC(=O)N1C2CCC1CN(c1nc(OCC34CCCN3CC(F)C4)nc3c(F)c(-c4ccc(F)c5sc(N)c(C#N)c45)c(C(F)(F)F)cc13)C2. The number of fused-ring (bicyclic) bond motifs is 5. The highest BCUT2D eigenvalue weighted by Gasteiger charge is 2.50. The van der Waals surface area contributed by atoms with E-state index in [4.69, 9.17) is 10.5 Å². The third kappa shape index (κ3) is 5.03. The van der Waals surface area contributed by atoms with Gasteiger partial charge in [-0.1, -0.05) is 6.07 Å². The zero-order valence-corrected chi connectivity index (χ0v) is 27.6. The maximum Gasteiger partial charge on any atom is 0.417 e. The number of ether oxygens (including phenoxy) is 1. The monoisotopic (exact) mass is 715 g/mol. The van der Waals surface area contributed by atoms with Gasteiger partial charge in [0.25, 0.3) is 0 Å². The van der Waals surface area contributed by atoms with E-state index >= 15 is 4.39 Å². The first-order valence-electron chi connectivity index (χ1n) is 16.4. The summed E-state index contributed by atoms with van der Waals surface area (Å²) in [5.41, 5.74) is 1.97. The van der Waals surface area contributed by atoms with Crippen LogP contribution in [0.25, 0.3) is 32.1 Å². The Bertz CT molecular complexity index is 2100. The van der Waals surface area contributed by atoms with Gasteiger partial charge in [-0.15, -0.1) is 11.3 Å². The van der Waals surface area contributed by atoms with Crippen LogP contribution in [-0.2, 0) is 11.0 Å². The maximum absolute atomic E-state index is 17.1. The molecule has 0 aliphatic carbocycles. The second-order valence-electron chi connectivity index (χ2n) is 13.7. The molecular weight excluding hydrogens is 684 g/mol. The fourth-order valence-corrected chi connectivity index (χ4v) is 9.68. The molecule has 2 aromatic heterocycles. The molecule has 4 aromatic rings. The Morgan fingerprint density at radius 2 is 1.92 bits per heavy atom. The lowest BCUT2D eigenvalue weighted by Gasteiger charge is -2.41. The third-order valence-electron chi connectivity index (χ3n) is 10.8. The van der Waals surface area contributed by atoms with Crippen LogP contribution in [0.4, 0.5) is 37.2 Å². The number of rotatable bonds is 5. The summed E-state index contributed by atoms with van der Waals surface area (Å²) in [6, 6.07) is 3.79. The van der Waals surface area contributed by atoms with E-state index in [-0.39, 0.29) is 94.1 Å². The number of amides is 1. The van der Waals surface area contributed by atoms with Crippen molar-refractivity contribution in [1.29, 1.82) is 5.26 Å². The first kappa shape index (κ1) is 32.8. The highest BCUT2D eigenvalue weighted by molar-refractivity contribution is 7.23. The minimum Gasteiger partial charge on any atom is -0.461 e. The second kappa shape index (κ2) is 11.6. The van der Waals surface area contributed by atoms with Crippen LogP contribution in [0, 0.1) is 23.0 Å². The number of thiophene rings is 1. The van der Waals surface area contributed by atoms with Crippen molar-refractivity contribution in [1.82, 2.24) is 19.8 Å². The topological polar surface area (TPSA) is 112 Å². The van der Waals surface area contributed by atoms with Gasteiger partial charge in [0.1, 0.15) is 41.0 Å². The average molecular weight is 716 g/mol. The molecule has 4 atom stereocenters. The van der Waals surface area contributed by atoms with Crippen LogP contribution in [0.15, 0.2) is 18.2 Å². The van der Waals surface area contributed by atoms with Crippen molar-refractivity contribution >= 4 is 49.1 Å². The number of nitrogen functional groups attached to an aromatic ring is 1. The molecule has 50 heavy (non-hydrogen) atoms. The van der Waals surface area contributed by atoms with Gasteiger partial charge in [0.05, 0.1) is 21.4 Å². The van der Waals surface area contributed by atoms with Gasteiger partial charge < -0.3 is 20.3 Å². The van der Waals surface area contributed by atoms with E-state index in [0.717, 1.165) is 24.6 Å². The number of alkyl halides is 4. The first-order valence-corrected chi connectivity index (χ1v) is 17.2. The second-order valence-corrected chi connectivity index (χ2v) is 14.7. The molecule has 2 N–H and O–H groups in total. The molecule has 1 amide bonds. The fraction of sp³-hybridized carbons (Fsp3) is 0.471. The van der Waals surface area contributed by atoms with Crippen molar-refractivity contribution in [3.8, 4) is 23.2 Å². The molecule has 2 aromatic carbocycles. The predicted octanol–water partition coefficient (Wildman–Crippen LogP) is 6.42. The molecule has 9 nitrogen and oxygen atoms in total. The van der Waals surface area contributed by atoms with Gasteiger partial charge in [0.2, 0.25) is 5.91 Å². The molecule has 262 valence electrons. The molecule has 4 fully saturated rings. The highest BCUT2D eigenvalue weighted by atomic mass is 32.1. The Morgan fingerprint density at radius 1 is 1.18 bits per heavy atom. The molecule has 8 rings (SSSR count). The van der Waals surface area contributed by atoms with E-state index in [1.165, 1.54) is 6.92 Å². The summed E-state index contributed by atoms with van der Waals surface area (Å²) >= 11 is 0.685. The molecule has 4 aliphatic heterocycles. The first-order chi connectivity index (χ1) is 23.8. The van der Waals surface area contributed by atoms with Crippen LogP contribution < -0.4 is 15.4 Å². The van der Waals surface area contributed by atoms with Crippen molar-refractivity contribution in [2.75, 3.05) is 43.4 Å². The number of anilines is 2. The van der Waals surface area contributed by atoms with Crippen LogP contribution in [-0.4, -0.2) is 82.3 Å². The van der Waals surface area contributed by atoms with Crippen molar-refractivity contribution in [3.05, 3.63) is 41.0 Å². The van der Waals surface area contributed by atoms with Gasteiger partial charge >= 0.3 is 12.2 Å². The number of benzene rings is 2. The van der Waals surface area contributed by atoms with Crippen molar-refractivity contribution in [2.24, 2.45) is 0 Å². The summed E-state index contributed by atoms with van der Waals surface area (Å²) in [7, 11) is 0. The number of piperazine rings is 1. The summed E-state index contributed by atoms with van der Waals surface area (Å²) in [6.07, 6.45) is -3.02. The largest absolute Gasteiger partial charge is 0.461 e. The molecule has 4 unspecified atom stereocenters. The number of hydrogen-bond donors (Lipinski definition) is 1. The minimum atomic E-state index is -5.10. The van der Waals surface area contributed by atoms with E-state index in [2.05, 4.69) is 9.97 Å². The van der Waals surface area contributed by atoms with Crippen LogP contribution in [0.2, 0.25) is 0 Å². The lowest BCUT2D eigenvalue weighted by atomic mass is 9.92. The number of aromatic nitrogens is 2. The fourth-order valence-electron chi connectivity index (χ4n) is 8.73. The lowest BCUT2D eigenvalue weighted by Crippen LogP contribution is -2.55. The summed E-state index contributed by atoms with van der Waals surface area (Å²) in [5.74, 6) is -2.28. The van der Waals surface area contributed by atoms with Gasteiger partial charge in [-0.3, -0.25) is 9.69 Å².